The second-order valence-electron chi connectivity index (χ2n) is 5.46. The molecule has 1 fully saturated rings. The van der Waals surface area contributed by atoms with Gasteiger partial charge in [-0.1, -0.05) is 17.7 Å². The van der Waals surface area contributed by atoms with Crippen molar-refractivity contribution < 1.29 is 24.2 Å². The number of carboxylic acid groups (broad SMARTS) is 1. The highest BCUT2D eigenvalue weighted by atomic mass is 35.5. The van der Waals surface area contributed by atoms with E-state index >= 15 is 0 Å². The predicted molar refractivity (Wildman–Crippen MR) is 84.9 cm³/mol. The van der Waals surface area contributed by atoms with Crippen molar-refractivity contribution in [1.82, 2.24) is 4.90 Å². The zero-order chi connectivity index (χ0) is 17.0. The van der Waals surface area contributed by atoms with Gasteiger partial charge in [-0.3, -0.25) is 4.79 Å². The maximum absolute atomic E-state index is 12.4. The zero-order valence-corrected chi connectivity index (χ0v) is 13.9. The van der Waals surface area contributed by atoms with E-state index in [1.165, 1.54) is 19.1 Å². The number of amides is 1. The van der Waals surface area contributed by atoms with Crippen molar-refractivity contribution in [1.29, 1.82) is 0 Å². The molecule has 126 valence electrons. The van der Waals surface area contributed by atoms with Crippen molar-refractivity contribution in [3.63, 3.8) is 0 Å². The number of nitrogens with zero attached hydrogens (tertiary/aromatic N) is 1. The Labute approximate surface area is 139 Å². The molecule has 1 aliphatic heterocycles. The summed E-state index contributed by atoms with van der Waals surface area (Å²) < 4.78 is 10.3. The first-order valence-corrected chi connectivity index (χ1v) is 7.71. The normalized spacial score (nSPS) is 20.6. The molecule has 7 heteroatoms. The van der Waals surface area contributed by atoms with Crippen LogP contribution in [-0.2, 0) is 20.7 Å². The molecule has 2 rings (SSSR count). The Morgan fingerprint density at radius 3 is 2.70 bits per heavy atom. The number of hydrogen-bond donors (Lipinski definition) is 1. The molecular formula is C16H20ClNO5. The number of likely N-dealkylation sites (tertiary alicyclic amines) is 1. The van der Waals surface area contributed by atoms with E-state index in [0.29, 0.717) is 30.2 Å². The van der Waals surface area contributed by atoms with Crippen LogP contribution in [0.3, 0.4) is 0 Å². The highest BCUT2D eigenvalue weighted by Gasteiger charge is 2.39. The van der Waals surface area contributed by atoms with Gasteiger partial charge in [-0.05, 0) is 24.1 Å². The average Bonchev–Trinajstić information content (AvgIpc) is 2.97. The van der Waals surface area contributed by atoms with E-state index in [1.807, 2.05) is 6.07 Å². The Bertz CT molecular complexity index is 592. The Morgan fingerprint density at radius 1 is 1.39 bits per heavy atom. The van der Waals surface area contributed by atoms with Gasteiger partial charge >= 0.3 is 5.97 Å². The van der Waals surface area contributed by atoms with Crippen LogP contribution in [0.5, 0.6) is 5.75 Å². The molecule has 6 nitrogen and oxygen atoms in total. The summed E-state index contributed by atoms with van der Waals surface area (Å²) in [4.78, 5) is 25.0. The topological polar surface area (TPSA) is 76.1 Å². The Morgan fingerprint density at radius 2 is 2.13 bits per heavy atom. The molecule has 1 aliphatic rings. The number of methoxy groups -OCH3 is 2. The average molecular weight is 342 g/mol. The van der Waals surface area contributed by atoms with Gasteiger partial charge in [-0.25, -0.2) is 4.79 Å². The Balaban J connectivity index is 1.98. The lowest BCUT2D eigenvalue weighted by Crippen LogP contribution is -2.40. The summed E-state index contributed by atoms with van der Waals surface area (Å²) >= 11 is 6.06. The summed E-state index contributed by atoms with van der Waals surface area (Å²) in [5, 5.41) is 9.73. The van der Waals surface area contributed by atoms with Gasteiger partial charge in [0, 0.05) is 26.5 Å². The second-order valence-corrected chi connectivity index (χ2v) is 5.87. The maximum Gasteiger partial charge on any atom is 0.326 e. The number of halogens is 1. The molecule has 1 heterocycles. The lowest BCUT2D eigenvalue weighted by atomic mass is 10.1. The molecule has 2 unspecified atom stereocenters. The fourth-order valence-electron chi connectivity index (χ4n) is 2.74. The molecule has 0 aliphatic carbocycles. The summed E-state index contributed by atoms with van der Waals surface area (Å²) in [6, 6.07) is 4.53. The number of rotatable bonds is 6. The molecule has 0 saturated carbocycles. The van der Waals surface area contributed by atoms with Gasteiger partial charge in [0.1, 0.15) is 11.8 Å². The van der Waals surface area contributed by atoms with E-state index in [4.69, 9.17) is 21.1 Å². The van der Waals surface area contributed by atoms with Crippen molar-refractivity contribution >= 4 is 23.5 Å². The Kier molecular flexibility index (Phi) is 5.85. The minimum Gasteiger partial charge on any atom is -0.495 e. The van der Waals surface area contributed by atoms with E-state index in [1.54, 1.807) is 12.1 Å². The first-order chi connectivity index (χ1) is 11.0. The smallest absolute Gasteiger partial charge is 0.326 e. The highest BCUT2D eigenvalue weighted by molar-refractivity contribution is 6.32. The van der Waals surface area contributed by atoms with Gasteiger partial charge in [0.15, 0.2) is 0 Å². The second kappa shape index (κ2) is 7.66. The third-order valence-corrected chi connectivity index (χ3v) is 4.34. The maximum atomic E-state index is 12.4. The molecule has 1 N–H and O–H groups in total. The summed E-state index contributed by atoms with van der Waals surface area (Å²) in [6.45, 7) is 0.315. The fraction of sp³-hybridized carbons (Fsp3) is 0.500. The molecule has 1 amide bonds. The number of hydrogen-bond acceptors (Lipinski definition) is 4. The molecule has 0 bridgehead atoms. The summed E-state index contributed by atoms with van der Waals surface area (Å²) in [6.07, 6.45) is 0.813. The van der Waals surface area contributed by atoms with Gasteiger partial charge in [0.2, 0.25) is 5.91 Å². The summed E-state index contributed by atoms with van der Waals surface area (Å²) in [7, 11) is 3.06. The third kappa shape index (κ3) is 4.14. The van der Waals surface area contributed by atoms with Crippen LogP contribution in [0, 0.1) is 0 Å². The molecule has 1 saturated heterocycles. The highest BCUT2D eigenvalue weighted by Crippen LogP contribution is 2.26. The van der Waals surface area contributed by atoms with Crippen molar-refractivity contribution in [3.8, 4) is 5.75 Å². The van der Waals surface area contributed by atoms with Crippen molar-refractivity contribution in [2.75, 3.05) is 20.8 Å². The first-order valence-electron chi connectivity index (χ1n) is 7.33. The largest absolute Gasteiger partial charge is 0.495 e. The van der Waals surface area contributed by atoms with Crippen molar-refractivity contribution in [2.45, 2.75) is 31.4 Å². The number of carboxylic acids is 1. The van der Waals surface area contributed by atoms with Crippen molar-refractivity contribution in [3.05, 3.63) is 28.8 Å². The fourth-order valence-corrected chi connectivity index (χ4v) is 3.02. The Hall–Kier alpha value is -1.79. The SMILES string of the molecule is COc1ccc(CCC(=O)N2CC(OC)CC2C(=O)O)cc1Cl. The standard InChI is InChI=1S/C16H20ClNO5/c1-22-11-8-13(16(20)21)18(9-11)15(19)6-4-10-3-5-14(23-2)12(17)7-10/h3,5,7,11,13H,4,6,8-9H2,1-2H3,(H,20,21). The summed E-state index contributed by atoms with van der Waals surface area (Å²) in [5.74, 6) is -0.607. The van der Waals surface area contributed by atoms with Crippen LogP contribution < -0.4 is 4.74 Å². The molecule has 2 atom stereocenters. The lowest BCUT2D eigenvalue weighted by molar-refractivity contribution is -0.148. The third-order valence-electron chi connectivity index (χ3n) is 4.05. The molecular weight excluding hydrogens is 322 g/mol. The quantitative estimate of drug-likeness (QED) is 0.856. The van der Waals surface area contributed by atoms with E-state index in [0.717, 1.165) is 5.56 Å². The minimum atomic E-state index is -0.995. The molecule has 0 radical (unpaired) electrons. The van der Waals surface area contributed by atoms with E-state index in [9.17, 15) is 14.7 Å². The lowest BCUT2D eigenvalue weighted by Gasteiger charge is -2.21. The number of aliphatic carboxylic acids is 1. The van der Waals surface area contributed by atoms with Crippen LogP contribution in [0.4, 0.5) is 0 Å². The first kappa shape index (κ1) is 17.6. The van der Waals surface area contributed by atoms with E-state index < -0.39 is 12.0 Å². The number of benzene rings is 1. The monoisotopic (exact) mass is 341 g/mol. The van der Waals surface area contributed by atoms with Gasteiger partial charge in [0.25, 0.3) is 0 Å². The van der Waals surface area contributed by atoms with E-state index in [2.05, 4.69) is 0 Å². The van der Waals surface area contributed by atoms with Crippen LogP contribution in [0.15, 0.2) is 18.2 Å². The van der Waals surface area contributed by atoms with Gasteiger partial charge in [-0.15, -0.1) is 0 Å². The van der Waals surface area contributed by atoms with Crippen LogP contribution in [-0.4, -0.2) is 54.8 Å². The van der Waals surface area contributed by atoms with Gasteiger partial charge < -0.3 is 19.5 Å². The molecule has 1 aromatic carbocycles. The molecule has 23 heavy (non-hydrogen) atoms. The summed E-state index contributed by atoms with van der Waals surface area (Å²) in [5.41, 5.74) is 0.901. The van der Waals surface area contributed by atoms with Crippen LogP contribution in [0.2, 0.25) is 5.02 Å². The number of ether oxygens (including phenoxy) is 2. The van der Waals surface area contributed by atoms with Crippen LogP contribution in [0.25, 0.3) is 0 Å². The number of aryl methyl sites for hydroxylation is 1. The number of carbonyl (C=O) groups is 2. The predicted octanol–water partition coefficient (Wildman–Crippen LogP) is 1.98. The van der Waals surface area contributed by atoms with Crippen LogP contribution in [0.1, 0.15) is 18.4 Å². The number of carbonyl (C=O) groups excluding carboxylic acids is 1. The molecule has 0 spiro atoms. The van der Waals surface area contributed by atoms with Crippen LogP contribution >= 0.6 is 11.6 Å². The van der Waals surface area contributed by atoms with Crippen molar-refractivity contribution in [2.24, 2.45) is 0 Å². The zero-order valence-electron chi connectivity index (χ0n) is 13.1. The molecule has 1 aromatic rings. The van der Waals surface area contributed by atoms with E-state index in [-0.39, 0.29) is 18.4 Å². The van der Waals surface area contributed by atoms with Gasteiger partial charge in [-0.2, -0.15) is 0 Å². The van der Waals surface area contributed by atoms with Gasteiger partial charge in [0.05, 0.1) is 18.2 Å². The minimum absolute atomic E-state index is 0.191. The molecule has 0 aromatic heterocycles.